The van der Waals surface area contributed by atoms with Gasteiger partial charge in [-0.1, -0.05) is 26.0 Å². The van der Waals surface area contributed by atoms with Crippen LogP contribution in [0.25, 0.3) is 0 Å². The van der Waals surface area contributed by atoms with Gasteiger partial charge in [-0.3, -0.25) is 9.59 Å². The lowest BCUT2D eigenvalue weighted by Gasteiger charge is -2.07. The highest BCUT2D eigenvalue weighted by Gasteiger charge is 2.15. The number of anilines is 1. The van der Waals surface area contributed by atoms with Crippen molar-refractivity contribution in [3.63, 3.8) is 0 Å². The number of nitrogens with two attached hydrogens (primary N) is 1. The summed E-state index contributed by atoms with van der Waals surface area (Å²) in [6.45, 7) is 4.03. The van der Waals surface area contributed by atoms with Crippen LogP contribution in [-0.2, 0) is 0 Å². The summed E-state index contributed by atoms with van der Waals surface area (Å²) < 4.78 is 0. The van der Waals surface area contributed by atoms with Gasteiger partial charge in [-0.15, -0.1) is 11.3 Å². The maximum absolute atomic E-state index is 12.1. The Hall–Kier alpha value is -2.21. The van der Waals surface area contributed by atoms with E-state index in [9.17, 15) is 9.59 Å². The molecule has 2 aromatic rings. The maximum atomic E-state index is 12.1. The normalized spacial score (nSPS) is 10.6. The third-order valence-electron chi connectivity index (χ3n) is 2.69. The summed E-state index contributed by atoms with van der Waals surface area (Å²) in [5.74, 6) is -0.650. The second-order valence-corrected chi connectivity index (χ2v) is 5.48. The molecule has 2 rings (SSSR count). The van der Waals surface area contributed by atoms with Crippen molar-refractivity contribution in [3.8, 4) is 0 Å². The van der Waals surface area contributed by atoms with Gasteiger partial charge in [0, 0.05) is 11.3 Å². The molecule has 0 aliphatic carbocycles. The molecule has 0 saturated heterocycles. The molecule has 0 spiro atoms. The van der Waals surface area contributed by atoms with E-state index in [0.717, 1.165) is 5.01 Å². The van der Waals surface area contributed by atoms with Crippen molar-refractivity contribution in [3.05, 3.63) is 45.9 Å². The number of amides is 2. The number of rotatable bonds is 4. The smallest absolute Gasteiger partial charge is 0.275 e. The summed E-state index contributed by atoms with van der Waals surface area (Å²) in [5, 5.41) is 5.27. The summed E-state index contributed by atoms with van der Waals surface area (Å²) >= 11 is 1.44. The highest BCUT2D eigenvalue weighted by molar-refractivity contribution is 7.09. The fourth-order valence-corrected chi connectivity index (χ4v) is 2.47. The van der Waals surface area contributed by atoms with Crippen molar-refractivity contribution in [2.24, 2.45) is 5.73 Å². The predicted molar refractivity (Wildman–Crippen MR) is 79.1 cm³/mol. The molecular formula is C14H15N3O2S. The Bertz CT molecular complexity index is 649. The van der Waals surface area contributed by atoms with Gasteiger partial charge < -0.3 is 11.1 Å². The maximum Gasteiger partial charge on any atom is 0.275 e. The number of carbonyl (C=O) groups excluding carboxylic acids is 2. The predicted octanol–water partition coefficient (Wildman–Crippen LogP) is 2.62. The van der Waals surface area contributed by atoms with Crippen LogP contribution in [0.4, 0.5) is 5.69 Å². The van der Waals surface area contributed by atoms with Crippen molar-refractivity contribution in [2.75, 3.05) is 5.32 Å². The molecule has 1 aromatic carbocycles. The van der Waals surface area contributed by atoms with Crippen molar-refractivity contribution in [2.45, 2.75) is 19.8 Å². The summed E-state index contributed by atoms with van der Waals surface area (Å²) in [5.41, 5.74) is 6.28. The van der Waals surface area contributed by atoms with Gasteiger partial charge in [0.25, 0.3) is 11.8 Å². The van der Waals surface area contributed by atoms with Gasteiger partial charge in [0.15, 0.2) is 0 Å². The van der Waals surface area contributed by atoms with Gasteiger partial charge in [-0.25, -0.2) is 4.98 Å². The molecule has 6 heteroatoms. The number of aromatic nitrogens is 1. The number of nitrogens with one attached hydrogen (secondary N) is 1. The minimum atomic E-state index is -0.581. The molecule has 1 heterocycles. The first-order valence-corrected chi connectivity index (χ1v) is 7.02. The molecular weight excluding hydrogens is 274 g/mol. The Kier molecular flexibility index (Phi) is 4.14. The molecule has 2 amide bonds. The van der Waals surface area contributed by atoms with E-state index in [2.05, 4.69) is 10.3 Å². The van der Waals surface area contributed by atoms with E-state index in [4.69, 9.17) is 5.73 Å². The fraction of sp³-hybridized carbons (Fsp3) is 0.214. The average molecular weight is 289 g/mol. The lowest BCUT2D eigenvalue weighted by atomic mass is 10.1. The summed E-state index contributed by atoms with van der Waals surface area (Å²) in [4.78, 5) is 27.7. The van der Waals surface area contributed by atoms with E-state index < -0.39 is 5.91 Å². The zero-order valence-corrected chi connectivity index (χ0v) is 12.0. The highest BCUT2D eigenvalue weighted by Crippen LogP contribution is 2.20. The fourth-order valence-electron chi connectivity index (χ4n) is 1.65. The Morgan fingerprint density at radius 1 is 1.30 bits per heavy atom. The number of primary amides is 1. The largest absolute Gasteiger partial charge is 0.366 e. The van der Waals surface area contributed by atoms with Crippen molar-refractivity contribution < 1.29 is 9.59 Å². The first-order chi connectivity index (χ1) is 9.49. The molecule has 0 aliphatic heterocycles. The van der Waals surface area contributed by atoms with E-state index in [1.165, 1.54) is 11.3 Å². The van der Waals surface area contributed by atoms with E-state index in [0.29, 0.717) is 11.4 Å². The molecule has 0 aliphatic rings. The molecule has 0 bridgehead atoms. The summed E-state index contributed by atoms with van der Waals surface area (Å²) in [7, 11) is 0. The van der Waals surface area contributed by atoms with E-state index >= 15 is 0 Å². The molecule has 0 saturated carbocycles. The average Bonchev–Trinajstić information content (AvgIpc) is 2.89. The third-order valence-corrected chi connectivity index (χ3v) is 3.83. The molecule has 20 heavy (non-hydrogen) atoms. The zero-order chi connectivity index (χ0) is 14.7. The molecule has 0 radical (unpaired) electrons. The topological polar surface area (TPSA) is 85.1 Å². The summed E-state index contributed by atoms with van der Waals surface area (Å²) in [6.07, 6.45) is 0. The monoisotopic (exact) mass is 289 g/mol. The Labute approximate surface area is 120 Å². The number of hydrogen-bond donors (Lipinski definition) is 2. The van der Waals surface area contributed by atoms with Crippen LogP contribution < -0.4 is 11.1 Å². The van der Waals surface area contributed by atoms with Gasteiger partial charge >= 0.3 is 0 Å². The van der Waals surface area contributed by atoms with Crippen LogP contribution in [0.1, 0.15) is 45.6 Å². The van der Waals surface area contributed by atoms with Crippen molar-refractivity contribution in [1.82, 2.24) is 4.98 Å². The van der Waals surface area contributed by atoms with Crippen LogP contribution in [0.5, 0.6) is 0 Å². The molecule has 3 N–H and O–H groups in total. The van der Waals surface area contributed by atoms with Crippen molar-refractivity contribution in [1.29, 1.82) is 0 Å². The molecule has 0 fully saturated rings. The van der Waals surface area contributed by atoms with Crippen LogP contribution >= 0.6 is 11.3 Å². The van der Waals surface area contributed by atoms with E-state index in [-0.39, 0.29) is 17.4 Å². The molecule has 104 valence electrons. The van der Waals surface area contributed by atoms with Gasteiger partial charge in [-0.2, -0.15) is 0 Å². The second kappa shape index (κ2) is 5.83. The van der Waals surface area contributed by atoms with Crippen LogP contribution in [0, 0.1) is 0 Å². The van der Waals surface area contributed by atoms with Crippen molar-refractivity contribution >= 4 is 28.8 Å². The van der Waals surface area contributed by atoms with Gasteiger partial charge in [0.05, 0.1) is 16.3 Å². The Balaban J connectivity index is 2.21. The Morgan fingerprint density at radius 2 is 2.00 bits per heavy atom. The number of nitrogens with zero attached hydrogens (tertiary/aromatic N) is 1. The minimum absolute atomic E-state index is 0.277. The number of para-hydroxylation sites is 1. The molecule has 5 nitrogen and oxygen atoms in total. The van der Waals surface area contributed by atoms with Gasteiger partial charge in [-0.05, 0) is 12.1 Å². The number of benzene rings is 1. The number of thiazole rings is 1. The zero-order valence-electron chi connectivity index (χ0n) is 11.2. The van der Waals surface area contributed by atoms with E-state index in [1.807, 2.05) is 13.8 Å². The van der Waals surface area contributed by atoms with E-state index in [1.54, 1.807) is 29.6 Å². The quantitative estimate of drug-likeness (QED) is 0.907. The van der Waals surface area contributed by atoms with Gasteiger partial charge in [0.2, 0.25) is 0 Å². The van der Waals surface area contributed by atoms with Crippen LogP contribution in [0.3, 0.4) is 0 Å². The third kappa shape index (κ3) is 3.03. The molecule has 0 unspecified atom stereocenters. The number of carbonyl (C=O) groups is 2. The minimum Gasteiger partial charge on any atom is -0.366 e. The second-order valence-electron chi connectivity index (χ2n) is 4.59. The standard InChI is InChI=1S/C14H15N3O2S/c1-8(2)14-17-11(7-20-14)13(19)16-10-6-4-3-5-9(10)12(15)18/h3-8H,1-2H3,(H2,15,18)(H,16,19). The lowest BCUT2D eigenvalue weighted by molar-refractivity contribution is 0.100. The highest BCUT2D eigenvalue weighted by atomic mass is 32.1. The van der Waals surface area contributed by atoms with Crippen LogP contribution in [0.2, 0.25) is 0 Å². The summed E-state index contributed by atoms with van der Waals surface area (Å²) in [6, 6.07) is 6.62. The molecule has 0 atom stereocenters. The first kappa shape index (κ1) is 14.2. The lowest BCUT2D eigenvalue weighted by Crippen LogP contribution is -2.18. The molecule has 1 aromatic heterocycles. The van der Waals surface area contributed by atoms with Crippen LogP contribution in [0.15, 0.2) is 29.6 Å². The van der Waals surface area contributed by atoms with Gasteiger partial charge in [0.1, 0.15) is 5.69 Å². The number of hydrogen-bond acceptors (Lipinski definition) is 4. The van der Waals surface area contributed by atoms with Crippen LogP contribution in [-0.4, -0.2) is 16.8 Å². The first-order valence-electron chi connectivity index (χ1n) is 6.14. The SMILES string of the molecule is CC(C)c1nc(C(=O)Nc2ccccc2C(N)=O)cs1. The Morgan fingerprint density at radius 3 is 2.60 bits per heavy atom.